The molecule has 5 nitrogen and oxygen atoms in total. The number of carbonyl (C=O) groups excluding carboxylic acids is 2. The number of likely N-dealkylation sites (N-methyl/N-ethyl adjacent to an activating group) is 1. The van der Waals surface area contributed by atoms with E-state index in [1.165, 1.54) is 4.90 Å². The van der Waals surface area contributed by atoms with E-state index in [1.807, 2.05) is 32.0 Å². The molecule has 0 atom stereocenters. The van der Waals surface area contributed by atoms with Gasteiger partial charge in [-0.3, -0.25) is 9.59 Å². The molecule has 0 aliphatic carbocycles. The van der Waals surface area contributed by atoms with E-state index < -0.39 is 5.41 Å². The summed E-state index contributed by atoms with van der Waals surface area (Å²) in [6.45, 7) is 4.18. The highest BCUT2D eigenvalue weighted by molar-refractivity contribution is 9.10. The van der Waals surface area contributed by atoms with E-state index >= 15 is 0 Å². The van der Waals surface area contributed by atoms with Crippen LogP contribution in [0.5, 0.6) is 0 Å². The molecule has 130 valence electrons. The maximum absolute atomic E-state index is 12.6. The molecule has 0 aliphatic rings. The zero-order valence-corrected chi connectivity index (χ0v) is 16.2. The Hall–Kier alpha value is -1.11. The van der Waals surface area contributed by atoms with Crippen LogP contribution in [-0.2, 0) is 9.59 Å². The number of carbonyl (C=O) groups is 2. The van der Waals surface area contributed by atoms with Crippen molar-refractivity contribution in [1.82, 2.24) is 4.90 Å². The largest absolute Gasteiger partial charge is 0.336 e. The summed E-state index contributed by atoms with van der Waals surface area (Å²) >= 11 is 3.37. The summed E-state index contributed by atoms with van der Waals surface area (Å²) in [7, 11) is 1.64. The fourth-order valence-electron chi connectivity index (χ4n) is 2.37. The van der Waals surface area contributed by atoms with E-state index in [2.05, 4.69) is 21.2 Å². The SMILES string of the molecule is CCC(CC)(CN)C(=O)N(C)CC(=O)Nc1ccccc1Br.Cl. The van der Waals surface area contributed by atoms with Gasteiger partial charge in [0, 0.05) is 18.1 Å². The molecule has 0 unspecified atom stereocenters. The van der Waals surface area contributed by atoms with Gasteiger partial charge in [0.25, 0.3) is 0 Å². The smallest absolute Gasteiger partial charge is 0.244 e. The second-order valence-corrected chi connectivity index (χ2v) is 6.24. The van der Waals surface area contributed by atoms with Crippen LogP contribution in [0.3, 0.4) is 0 Å². The minimum atomic E-state index is -0.581. The molecule has 3 N–H and O–H groups in total. The van der Waals surface area contributed by atoms with Crippen molar-refractivity contribution < 1.29 is 9.59 Å². The average Bonchev–Trinajstić information content (AvgIpc) is 2.51. The number of anilines is 1. The first-order chi connectivity index (χ1) is 10.4. The standard InChI is InChI=1S/C16H24BrN3O2.ClH/c1-4-16(5-2,11-18)15(22)20(3)10-14(21)19-13-9-7-6-8-12(13)17;/h6-9H,4-5,10-11,18H2,1-3H3,(H,19,21);1H. The van der Waals surface area contributed by atoms with Crippen LogP contribution in [0.4, 0.5) is 5.69 Å². The van der Waals surface area contributed by atoms with E-state index in [9.17, 15) is 9.59 Å². The molecule has 0 saturated carbocycles. The predicted molar refractivity (Wildman–Crippen MR) is 99.7 cm³/mol. The van der Waals surface area contributed by atoms with Gasteiger partial charge in [-0.1, -0.05) is 26.0 Å². The molecular weight excluding hydrogens is 382 g/mol. The fraction of sp³-hybridized carbons (Fsp3) is 0.500. The van der Waals surface area contributed by atoms with Crippen molar-refractivity contribution in [2.45, 2.75) is 26.7 Å². The second-order valence-electron chi connectivity index (χ2n) is 5.38. The van der Waals surface area contributed by atoms with Crippen molar-refractivity contribution in [3.05, 3.63) is 28.7 Å². The summed E-state index contributed by atoms with van der Waals surface area (Å²) in [5, 5.41) is 2.79. The van der Waals surface area contributed by atoms with Crippen LogP contribution in [0.15, 0.2) is 28.7 Å². The zero-order valence-electron chi connectivity index (χ0n) is 13.8. The molecular formula is C16H25BrClN3O2. The van der Waals surface area contributed by atoms with E-state index in [4.69, 9.17) is 5.73 Å². The Balaban J connectivity index is 0.00000484. The Morgan fingerprint density at radius 3 is 2.30 bits per heavy atom. The molecule has 0 heterocycles. The Morgan fingerprint density at radius 1 is 1.26 bits per heavy atom. The number of nitrogens with two attached hydrogens (primary N) is 1. The minimum Gasteiger partial charge on any atom is -0.336 e. The first kappa shape index (κ1) is 21.9. The average molecular weight is 407 g/mol. The lowest BCUT2D eigenvalue weighted by atomic mass is 9.81. The molecule has 7 heteroatoms. The van der Waals surface area contributed by atoms with Gasteiger partial charge in [0.15, 0.2) is 0 Å². The summed E-state index contributed by atoms with van der Waals surface area (Å²) in [5.41, 5.74) is 5.89. The van der Waals surface area contributed by atoms with Crippen molar-refractivity contribution in [2.75, 3.05) is 25.5 Å². The lowest BCUT2D eigenvalue weighted by molar-refractivity contribution is -0.142. The molecule has 0 bridgehead atoms. The summed E-state index contributed by atoms with van der Waals surface area (Å²) in [6, 6.07) is 7.35. The highest BCUT2D eigenvalue weighted by Gasteiger charge is 2.36. The third-order valence-electron chi connectivity index (χ3n) is 4.07. The molecule has 0 aromatic heterocycles. The number of amides is 2. The molecule has 0 spiro atoms. The van der Waals surface area contributed by atoms with Gasteiger partial charge in [-0.05, 0) is 40.9 Å². The van der Waals surface area contributed by atoms with Gasteiger partial charge in [0.1, 0.15) is 0 Å². The highest BCUT2D eigenvalue weighted by Crippen LogP contribution is 2.27. The normalized spacial score (nSPS) is 10.7. The molecule has 2 amide bonds. The number of nitrogens with one attached hydrogen (secondary N) is 1. The van der Waals surface area contributed by atoms with Crippen LogP contribution in [0.25, 0.3) is 0 Å². The molecule has 0 fully saturated rings. The van der Waals surface area contributed by atoms with Gasteiger partial charge in [0.2, 0.25) is 11.8 Å². The third-order valence-corrected chi connectivity index (χ3v) is 4.76. The van der Waals surface area contributed by atoms with E-state index in [1.54, 1.807) is 13.1 Å². The lowest BCUT2D eigenvalue weighted by Gasteiger charge is -2.33. The molecule has 0 radical (unpaired) electrons. The zero-order chi connectivity index (χ0) is 16.8. The minimum absolute atomic E-state index is 0. The maximum atomic E-state index is 12.6. The number of hydrogen-bond acceptors (Lipinski definition) is 3. The molecule has 1 aromatic rings. The van der Waals surface area contributed by atoms with Gasteiger partial charge in [-0.25, -0.2) is 0 Å². The second kappa shape index (κ2) is 9.90. The molecule has 1 aromatic carbocycles. The van der Waals surface area contributed by atoms with Gasteiger partial charge in [-0.2, -0.15) is 0 Å². The van der Waals surface area contributed by atoms with Gasteiger partial charge in [0.05, 0.1) is 17.6 Å². The van der Waals surface area contributed by atoms with Crippen LogP contribution < -0.4 is 11.1 Å². The number of halogens is 2. The molecule has 0 saturated heterocycles. The summed E-state index contributed by atoms with van der Waals surface area (Å²) in [4.78, 5) is 26.1. The quantitative estimate of drug-likeness (QED) is 0.731. The maximum Gasteiger partial charge on any atom is 0.244 e. The number of rotatable bonds is 7. The Kier molecular flexibility index (Phi) is 9.42. The number of hydrogen-bond donors (Lipinski definition) is 2. The Morgan fingerprint density at radius 2 is 1.83 bits per heavy atom. The fourth-order valence-corrected chi connectivity index (χ4v) is 2.76. The van der Waals surface area contributed by atoms with Crippen LogP contribution in [0.2, 0.25) is 0 Å². The van der Waals surface area contributed by atoms with Gasteiger partial charge >= 0.3 is 0 Å². The summed E-state index contributed by atoms with van der Waals surface area (Å²) in [5.74, 6) is -0.317. The lowest BCUT2D eigenvalue weighted by Crippen LogP contribution is -2.48. The monoisotopic (exact) mass is 405 g/mol. The Labute approximate surface area is 152 Å². The van der Waals surface area contributed by atoms with E-state index in [-0.39, 0.29) is 37.3 Å². The number of benzene rings is 1. The van der Waals surface area contributed by atoms with Crippen LogP contribution in [0, 0.1) is 5.41 Å². The van der Waals surface area contributed by atoms with Crippen LogP contribution >= 0.6 is 28.3 Å². The first-order valence-electron chi connectivity index (χ1n) is 7.40. The van der Waals surface area contributed by atoms with E-state index in [0.29, 0.717) is 18.5 Å². The van der Waals surface area contributed by atoms with Crippen LogP contribution in [0.1, 0.15) is 26.7 Å². The van der Waals surface area contributed by atoms with Crippen molar-refractivity contribution >= 4 is 45.8 Å². The highest BCUT2D eigenvalue weighted by atomic mass is 79.9. The van der Waals surface area contributed by atoms with Crippen molar-refractivity contribution in [1.29, 1.82) is 0 Å². The first-order valence-corrected chi connectivity index (χ1v) is 8.19. The molecule has 0 aliphatic heterocycles. The topological polar surface area (TPSA) is 75.4 Å². The third kappa shape index (κ3) is 5.48. The van der Waals surface area contributed by atoms with Crippen molar-refractivity contribution in [3.63, 3.8) is 0 Å². The van der Waals surface area contributed by atoms with Crippen LogP contribution in [-0.4, -0.2) is 36.9 Å². The van der Waals surface area contributed by atoms with Gasteiger partial charge in [-0.15, -0.1) is 12.4 Å². The number of para-hydroxylation sites is 1. The van der Waals surface area contributed by atoms with Crippen molar-refractivity contribution in [3.8, 4) is 0 Å². The predicted octanol–water partition coefficient (Wildman–Crippen LogP) is 3.03. The summed E-state index contributed by atoms with van der Waals surface area (Å²) in [6.07, 6.45) is 1.32. The number of nitrogens with zero attached hydrogens (tertiary/aromatic N) is 1. The van der Waals surface area contributed by atoms with Crippen molar-refractivity contribution in [2.24, 2.45) is 11.1 Å². The molecule has 23 heavy (non-hydrogen) atoms. The van der Waals surface area contributed by atoms with Gasteiger partial charge < -0.3 is 16.0 Å². The van der Waals surface area contributed by atoms with E-state index in [0.717, 1.165) is 4.47 Å². The Bertz CT molecular complexity index is 528. The molecule has 1 rings (SSSR count). The summed E-state index contributed by atoms with van der Waals surface area (Å²) < 4.78 is 0.802.